The van der Waals surface area contributed by atoms with E-state index in [1.165, 1.54) is 38.5 Å². The Kier molecular flexibility index (Phi) is 8.81. The molecule has 0 unspecified atom stereocenters. The lowest BCUT2D eigenvalue weighted by atomic mass is 10.1. The number of ether oxygens (including phenoxy) is 2. The summed E-state index contributed by atoms with van der Waals surface area (Å²) < 4.78 is 13.1. The normalized spacial score (nSPS) is 14.7. The largest absolute Gasteiger partial charge is 0.497 e. The number of benzene rings is 1. The van der Waals surface area contributed by atoms with Crippen molar-refractivity contribution in [1.29, 1.82) is 0 Å². The van der Waals surface area contributed by atoms with Gasteiger partial charge in [0.05, 0.1) is 20.5 Å². The van der Waals surface area contributed by atoms with E-state index >= 15 is 0 Å². The van der Waals surface area contributed by atoms with Crippen molar-refractivity contribution in [1.82, 2.24) is 19.8 Å². The number of nitrogens with zero attached hydrogens (tertiary/aromatic N) is 3. The zero-order valence-corrected chi connectivity index (χ0v) is 19.0. The van der Waals surface area contributed by atoms with Crippen LogP contribution in [0.4, 0.5) is 0 Å². The van der Waals surface area contributed by atoms with Gasteiger partial charge in [0.1, 0.15) is 11.5 Å². The highest BCUT2D eigenvalue weighted by Crippen LogP contribution is 2.26. The summed E-state index contributed by atoms with van der Waals surface area (Å²) in [7, 11) is 3.37. The summed E-state index contributed by atoms with van der Waals surface area (Å²) in [6.07, 6.45) is 14.3. The lowest BCUT2D eigenvalue weighted by Crippen LogP contribution is -2.44. The summed E-state index contributed by atoms with van der Waals surface area (Å²) in [4.78, 5) is 6.40. The van der Waals surface area contributed by atoms with Gasteiger partial charge in [-0.25, -0.2) is 4.98 Å². The molecule has 0 spiro atoms. The predicted octanol–water partition coefficient (Wildman–Crippen LogP) is 4.39. The van der Waals surface area contributed by atoms with Gasteiger partial charge in [0.25, 0.3) is 0 Å². The van der Waals surface area contributed by atoms with Crippen LogP contribution in [0.2, 0.25) is 0 Å². The van der Waals surface area contributed by atoms with Crippen LogP contribution in [0.1, 0.15) is 50.5 Å². The fourth-order valence-corrected chi connectivity index (χ4v) is 4.32. The molecule has 6 nitrogen and oxygen atoms in total. The molecular formula is C23H34N4O2S. The second-order valence-corrected chi connectivity index (χ2v) is 8.28. The summed E-state index contributed by atoms with van der Waals surface area (Å²) in [5, 5.41) is 4.49. The molecule has 0 saturated heterocycles. The van der Waals surface area contributed by atoms with E-state index < -0.39 is 0 Å². The van der Waals surface area contributed by atoms with E-state index in [1.54, 1.807) is 14.2 Å². The Bertz CT molecular complexity index is 774. The molecule has 1 fully saturated rings. The van der Waals surface area contributed by atoms with E-state index in [1.807, 2.05) is 30.9 Å². The Labute approximate surface area is 185 Å². The number of thiocarbonyl (C=S) groups is 1. The third kappa shape index (κ3) is 6.62. The minimum absolute atomic E-state index is 0.480. The predicted molar refractivity (Wildman–Crippen MR) is 124 cm³/mol. The number of imidazole rings is 1. The second kappa shape index (κ2) is 11.8. The molecule has 1 N–H and O–H groups in total. The van der Waals surface area contributed by atoms with E-state index in [9.17, 15) is 0 Å². The number of aryl methyl sites for hydroxylation is 1. The lowest BCUT2D eigenvalue weighted by Gasteiger charge is -2.29. The molecule has 2 aromatic rings. The van der Waals surface area contributed by atoms with Crippen molar-refractivity contribution in [3.05, 3.63) is 42.5 Å². The van der Waals surface area contributed by atoms with Crippen LogP contribution in [-0.2, 0) is 13.1 Å². The molecule has 7 heteroatoms. The first-order valence-corrected chi connectivity index (χ1v) is 11.3. The molecular weight excluding hydrogens is 396 g/mol. The molecule has 30 heavy (non-hydrogen) atoms. The van der Waals surface area contributed by atoms with Gasteiger partial charge < -0.3 is 24.3 Å². The first-order chi connectivity index (χ1) is 14.7. The van der Waals surface area contributed by atoms with Crippen LogP contribution >= 0.6 is 12.2 Å². The number of hydrogen-bond acceptors (Lipinski definition) is 4. The first kappa shape index (κ1) is 22.4. The molecule has 0 bridgehead atoms. The minimum Gasteiger partial charge on any atom is -0.497 e. The molecule has 1 saturated carbocycles. The summed E-state index contributed by atoms with van der Waals surface area (Å²) in [6.45, 7) is 2.49. The van der Waals surface area contributed by atoms with E-state index in [4.69, 9.17) is 21.7 Å². The van der Waals surface area contributed by atoms with Gasteiger partial charge in [0.2, 0.25) is 0 Å². The smallest absolute Gasteiger partial charge is 0.169 e. The van der Waals surface area contributed by atoms with Crippen LogP contribution < -0.4 is 14.8 Å². The molecule has 1 heterocycles. The third-order valence-corrected chi connectivity index (χ3v) is 6.11. The van der Waals surface area contributed by atoms with Crippen LogP contribution in [0, 0.1) is 0 Å². The van der Waals surface area contributed by atoms with E-state index in [-0.39, 0.29) is 0 Å². The molecule has 0 aliphatic heterocycles. The quantitative estimate of drug-likeness (QED) is 0.470. The number of nitrogens with one attached hydrogen (secondary N) is 1. The molecule has 3 rings (SSSR count). The Hall–Kier alpha value is -2.28. The fourth-order valence-electron chi connectivity index (χ4n) is 3.99. The first-order valence-electron chi connectivity index (χ1n) is 10.9. The van der Waals surface area contributed by atoms with Gasteiger partial charge in [0.15, 0.2) is 5.11 Å². The van der Waals surface area contributed by atoms with Crippen LogP contribution in [0.15, 0.2) is 36.9 Å². The standard InChI is InChI=1S/C23H34N4O2S/c1-28-21-11-10-19(22(16-21)29-2)17-27(14-7-13-26-15-12-24-18-26)23(30)25-20-8-5-3-4-6-9-20/h10-12,15-16,18,20H,3-9,13-14,17H2,1-2H3,(H,25,30). The van der Waals surface area contributed by atoms with Crippen molar-refractivity contribution in [2.24, 2.45) is 0 Å². The van der Waals surface area contributed by atoms with Gasteiger partial charge in [-0.3, -0.25) is 0 Å². The van der Waals surface area contributed by atoms with Crippen LogP contribution in [0.5, 0.6) is 11.5 Å². The van der Waals surface area contributed by atoms with Gasteiger partial charge >= 0.3 is 0 Å². The average molecular weight is 431 g/mol. The lowest BCUT2D eigenvalue weighted by molar-refractivity contribution is 0.355. The molecule has 0 amide bonds. The summed E-state index contributed by atoms with van der Waals surface area (Å²) in [5.41, 5.74) is 1.10. The van der Waals surface area contributed by atoms with Crippen molar-refractivity contribution in [2.45, 2.75) is 64.1 Å². The highest BCUT2D eigenvalue weighted by atomic mass is 32.1. The SMILES string of the molecule is COc1ccc(CN(CCCn2ccnc2)C(=S)NC2CCCCCC2)c(OC)c1. The van der Waals surface area contributed by atoms with Gasteiger partial charge in [-0.2, -0.15) is 0 Å². The topological polar surface area (TPSA) is 51.5 Å². The second-order valence-electron chi connectivity index (χ2n) is 7.89. The van der Waals surface area contributed by atoms with E-state index in [0.717, 1.165) is 41.7 Å². The van der Waals surface area contributed by atoms with Gasteiger partial charge in [-0.1, -0.05) is 25.7 Å². The molecule has 0 atom stereocenters. The number of methoxy groups -OCH3 is 2. The van der Waals surface area contributed by atoms with E-state index in [2.05, 4.69) is 25.8 Å². The maximum Gasteiger partial charge on any atom is 0.169 e. The Balaban J connectivity index is 1.68. The highest BCUT2D eigenvalue weighted by Gasteiger charge is 2.18. The van der Waals surface area contributed by atoms with Crippen molar-refractivity contribution in [3.63, 3.8) is 0 Å². The Morgan fingerprint density at radius 3 is 2.67 bits per heavy atom. The van der Waals surface area contributed by atoms with Crippen LogP contribution in [0.25, 0.3) is 0 Å². The third-order valence-electron chi connectivity index (χ3n) is 5.73. The van der Waals surface area contributed by atoms with Gasteiger partial charge in [0, 0.05) is 49.7 Å². The maximum atomic E-state index is 5.87. The number of aromatic nitrogens is 2. The van der Waals surface area contributed by atoms with Crippen LogP contribution in [-0.4, -0.2) is 46.4 Å². The zero-order chi connectivity index (χ0) is 21.2. The minimum atomic E-state index is 0.480. The fraction of sp³-hybridized carbons (Fsp3) is 0.565. The van der Waals surface area contributed by atoms with E-state index in [0.29, 0.717) is 12.6 Å². The molecule has 0 radical (unpaired) electrons. The Morgan fingerprint density at radius 2 is 2.00 bits per heavy atom. The van der Waals surface area contributed by atoms with Crippen LogP contribution in [0.3, 0.4) is 0 Å². The number of hydrogen-bond donors (Lipinski definition) is 1. The maximum absolute atomic E-state index is 5.87. The van der Waals surface area contributed by atoms with Gasteiger partial charge in [-0.15, -0.1) is 0 Å². The Morgan fingerprint density at radius 1 is 1.20 bits per heavy atom. The van der Waals surface area contributed by atoms with Gasteiger partial charge in [-0.05, 0) is 43.6 Å². The molecule has 1 aromatic carbocycles. The summed E-state index contributed by atoms with van der Waals surface area (Å²) in [5.74, 6) is 1.62. The molecule has 1 aromatic heterocycles. The summed E-state index contributed by atoms with van der Waals surface area (Å²) >= 11 is 5.87. The zero-order valence-electron chi connectivity index (χ0n) is 18.2. The average Bonchev–Trinajstić information content (AvgIpc) is 3.16. The van der Waals surface area contributed by atoms with Crippen molar-refractivity contribution in [2.75, 3.05) is 20.8 Å². The van der Waals surface area contributed by atoms with Crippen molar-refractivity contribution >= 4 is 17.3 Å². The number of rotatable bonds is 9. The monoisotopic (exact) mass is 430 g/mol. The molecule has 1 aliphatic carbocycles. The van der Waals surface area contributed by atoms with Crippen molar-refractivity contribution < 1.29 is 9.47 Å². The highest BCUT2D eigenvalue weighted by molar-refractivity contribution is 7.80. The molecule has 1 aliphatic rings. The van der Waals surface area contributed by atoms with Crippen molar-refractivity contribution in [3.8, 4) is 11.5 Å². The molecule has 164 valence electrons. The summed E-state index contributed by atoms with van der Waals surface area (Å²) in [6, 6.07) is 6.45.